The summed E-state index contributed by atoms with van der Waals surface area (Å²) in [5.41, 5.74) is 0.285. The third-order valence-corrected chi connectivity index (χ3v) is 5.45. The number of hydrogen-bond donors (Lipinski definition) is 2. The lowest BCUT2D eigenvalue weighted by Crippen LogP contribution is -2.03. The Labute approximate surface area is 174 Å². The Balaban J connectivity index is 1.66. The summed E-state index contributed by atoms with van der Waals surface area (Å²) in [4.78, 5) is 12.3. The van der Waals surface area contributed by atoms with Gasteiger partial charge in [-0.2, -0.15) is 0 Å². The predicted molar refractivity (Wildman–Crippen MR) is 120 cm³/mol. The van der Waals surface area contributed by atoms with Gasteiger partial charge in [0, 0.05) is 24.1 Å². The van der Waals surface area contributed by atoms with Crippen LogP contribution in [0, 0.1) is 6.92 Å². The fraction of sp³-hybridized carbons (Fsp3) is 0.560. The second-order valence-corrected chi connectivity index (χ2v) is 7.95. The van der Waals surface area contributed by atoms with Crippen molar-refractivity contribution in [3.63, 3.8) is 0 Å². The number of aryl methyl sites for hydroxylation is 1. The lowest BCUT2D eigenvalue weighted by Gasteiger charge is -2.08. The Morgan fingerprint density at radius 2 is 1.52 bits per heavy atom. The fourth-order valence-corrected chi connectivity index (χ4v) is 3.56. The Morgan fingerprint density at radius 1 is 0.897 bits per heavy atom. The largest absolute Gasteiger partial charge is 0.507 e. The van der Waals surface area contributed by atoms with E-state index in [1.165, 1.54) is 69.9 Å². The Morgan fingerprint density at radius 3 is 2.21 bits per heavy atom. The molecular formula is C25H36O4. The first-order chi connectivity index (χ1) is 14.0. The van der Waals surface area contributed by atoms with Crippen molar-refractivity contribution in [1.29, 1.82) is 0 Å². The molecule has 0 spiro atoms. The second kappa shape index (κ2) is 12.4. The zero-order valence-corrected chi connectivity index (χ0v) is 18.0. The van der Waals surface area contributed by atoms with Gasteiger partial charge in [0.1, 0.15) is 28.2 Å². The highest BCUT2D eigenvalue weighted by molar-refractivity contribution is 5.86. The molecule has 1 aromatic carbocycles. The van der Waals surface area contributed by atoms with Crippen LogP contribution in [0.5, 0.6) is 11.5 Å². The van der Waals surface area contributed by atoms with E-state index in [9.17, 15) is 15.0 Å². The summed E-state index contributed by atoms with van der Waals surface area (Å²) < 4.78 is 5.74. The van der Waals surface area contributed by atoms with E-state index in [0.717, 1.165) is 12.8 Å². The molecule has 4 nitrogen and oxygen atoms in total. The van der Waals surface area contributed by atoms with Crippen molar-refractivity contribution in [3.8, 4) is 11.5 Å². The Bertz CT molecular complexity index is 848. The Hall–Kier alpha value is -2.23. The van der Waals surface area contributed by atoms with Crippen LogP contribution >= 0.6 is 0 Å². The van der Waals surface area contributed by atoms with Crippen LogP contribution in [-0.2, 0) is 6.42 Å². The van der Waals surface area contributed by atoms with Gasteiger partial charge >= 0.3 is 0 Å². The molecule has 0 atom stereocenters. The van der Waals surface area contributed by atoms with Crippen LogP contribution in [0.25, 0.3) is 11.0 Å². The van der Waals surface area contributed by atoms with Gasteiger partial charge < -0.3 is 14.6 Å². The summed E-state index contributed by atoms with van der Waals surface area (Å²) in [6.45, 7) is 3.80. The number of unbranched alkanes of at least 4 members (excludes halogenated alkanes) is 9. The molecule has 0 amide bonds. The molecule has 4 heteroatoms. The van der Waals surface area contributed by atoms with Gasteiger partial charge in [0.25, 0.3) is 0 Å². The van der Waals surface area contributed by atoms with E-state index >= 15 is 0 Å². The van der Waals surface area contributed by atoms with Crippen LogP contribution in [0.15, 0.2) is 33.5 Å². The lowest BCUT2D eigenvalue weighted by atomic mass is 10.1. The number of phenolic OH excluding ortho intramolecular Hbond substituents is 2. The molecule has 0 unspecified atom stereocenters. The number of phenols is 2. The first-order valence-corrected chi connectivity index (χ1v) is 11.2. The zero-order chi connectivity index (χ0) is 21.1. The number of fused-ring (bicyclic) bond motifs is 1. The van der Waals surface area contributed by atoms with E-state index in [2.05, 4.69) is 19.1 Å². The number of allylic oxidation sites excluding steroid dienone is 2. The van der Waals surface area contributed by atoms with Crippen molar-refractivity contribution in [2.24, 2.45) is 0 Å². The molecule has 0 aliphatic rings. The quantitative estimate of drug-likeness (QED) is 0.283. The van der Waals surface area contributed by atoms with Crippen LogP contribution in [0.2, 0.25) is 0 Å². The minimum Gasteiger partial charge on any atom is -0.507 e. The molecule has 2 N–H and O–H groups in total. The van der Waals surface area contributed by atoms with Crippen LogP contribution < -0.4 is 5.43 Å². The highest BCUT2D eigenvalue weighted by Crippen LogP contribution is 2.33. The fourth-order valence-electron chi connectivity index (χ4n) is 3.56. The molecule has 29 heavy (non-hydrogen) atoms. The molecule has 0 saturated carbocycles. The Kier molecular flexibility index (Phi) is 9.82. The highest BCUT2D eigenvalue weighted by atomic mass is 16.3. The molecule has 0 aliphatic heterocycles. The molecule has 0 bridgehead atoms. The molecule has 0 fully saturated rings. The zero-order valence-electron chi connectivity index (χ0n) is 18.0. The average Bonchev–Trinajstić information content (AvgIpc) is 2.69. The maximum Gasteiger partial charge on any atom is 0.196 e. The van der Waals surface area contributed by atoms with Gasteiger partial charge in [0.2, 0.25) is 0 Å². The molecule has 160 valence electrons. The number of aromatic hydroxyl groups is 2. The third-order valence-electron chi connectivity index (χ3n) is 5.45. The second-order valence-electron chi connectivity index (χ2n) is 7.95. The molecular weight excluding hydrogens is 364 g/mol. The normalized spacial score (nSPS) is 11.7. The van der Waals surface area contributed by atoms with Gasteiger partial charge in [0.05, 0.1) is 0 Å². The predicted octanol–water partition coefficient (Wildman–Crippen LogP) is 6.92. The van der Waals surface area contributed by atoms with Crippen molar-refractivity contribution >= 4 is 11.0 Å². The van der Waals surface area contributed by atoms with E-state index in [-0.39, 0.29) is 27.9 Å². The SMILES string of the molecule is CCCC/C=C\CCCCCCCCCc1cc(=O)c2c(O)c(C)c(O)cc2o1. The van der Waals surface area contributed by atoms with Crippen molar-refractivity contribution in [1.82, 2.24) is 0 Å². The lowest BCUT2D eigenvalue weighted by molar-refractivity contribution is 0.442. The van der Waals surface area contributed by atoms with E-state index in [0.29, 0.717) is 17.7 Å². The molecule has 0 aliphatic carbocycles. The van der Waals surface area contributed by atoms with Gasteiger partial charge in [0.15, 0.2) is 5.43 Å². The summed E-state index contributed by atoms with van der Waals surface area (Å²) in [7, 11) is 0. The molecule has 1 heterocycles. The van der Waals surface area contributed by atoms with Crippen LogP contribution in [0.3, 0.4) is 0 Å². The molecule has 2 aromatic rings. The van der Waals surface area contributed by atoms with E-state index < -0.39 is 0 Å². The van der Waals surface area contributed by atoms with Gasteiger partial charge in [-0.3, -0.25) is 4.79 Å². The van der Waals surface area contributed by atoms with E-state index in [1.54, 1.807) is 6.92 Å². The first-order valence-electron chi connectivity index (χ1n) is 11.2. The highest BCUT2D eigenvalue weighted by Gasteiger charge is 2.14. The number of hydrogen-bond acceptors (Lipinski definition) is 4. The summed E-state index contributed by atoms with van der Waals surface area (Å²) in [6.07, 6.45) is 18.7. The molecule has 0 radical (unpaired) electrons. The smallest absolute Gasteiger partial charge is 0.196 e. The van der Waals surface area contributed by atoms with Crippen molar-refractivity contribution < 1.29 is 14.6 Å². The summed E-state index contributed by atoms with van der Waals surface area (Å²) in [6, 6.07) is 2.88. The van der Waals surface area contributed by atoms with Gasteiger partial charge in [-0.15, -0.1) is 0 Å². The number of rotatable bonds is 13. The maximum absolute atomic E-state index is 12.3. The molecule has 2 rings (SSSR count). The minimum absolute atomic E-state index is 0.0632. The molecule has 0 saturated heterocycles. The van der Waals surface area contributed by atoms with E-state index in [4.69, 9.17) is 4.42 Å². The first kappa shape index (κ1) is 23.1. The molecule has 1 aromatic heterocycles. The topological polar surface area (TPSA) is 70.7 Å². The van der Waals surface area contributed by atoms with Gasteiger partial charge in [-0.05, 0) is 32.6 Å². The third kappa shape index (κ3) is 7.26. The van der Waals surface area contributed by atoms with Crippen LogP contribution in [0.4, 0.5) is 0 Å². The monoisotopic (exact) mass is 400 g/mol. The summed E-state index contributed by atoms with van der Waals surface area (Å²) >= 11 is 0. The van der Waals surface area contributed by atoms with Crippen LogP contribution in [0.1, 0.15) is 88.9 Å². The average molecular weight is 401 g/mol. The van der Waals surface area contributed by atoms with Gasteiger partial charge in [-0.1, -0.05) is 64.0 Å². The summed E-state index contributed by atoms with van der Waals surface area (Å²) in [5, 5.41) is 20.1. The van der Waals surface area contributed by atoms with E-state index in [1.807, 2.05) is 0 Å². The van der Waals surface area contributed by atoms with Crippen molar-refractivity contribution in [2.45, 2.75) is 90.9 Å². The van der Waals surface area contributed by atoms with Crippen molar-refractivity contribution in [3.05, 3.63) is 45.8 Å². The van der Waals surface area contributed by atoms with Crippen LogP contribution in [-0.4, -0.2) is 10.2 Å². The maximum atomic E-state index is 12.3. The van der Waals surface area contributed by atoms with Crippen molar-refractivity contribution in [2.75, 3.05) is 0 Å². The standard InChI is InChI=1S/C25H36O4/c1-3-4-5-6-7-8-9-10-11-12-13-14-15-16-20-17-22(27)24-23(29-20)18-21(26)19(2)25(24)28/h6-7,17-18,26,28H,3-5,8-16H2,1-2H3/b7-6-. The minimum atomic E-state index is -0.259. The summed E-state index contributed by atoms with van der Waals surface area (Å²) in [5.74, 6) is 0.350. The van der Waals surface area contributed by atoms with Gasteiger partial charge in [-0.25, -0.2) is 0 Å². The number of benzene rings is 1.